The maximum Gasteiger partial charge on any atom is 0.375 e. The molecule has 0 atom stereocenters. The van der Waals surface area contributed by atoms with Crippen LogP contribution in [0.15, 0.2) is 0 Å². The molecule has 17 heteroatoms. The Morgan fingerprint density at radius 2 is 1.19 bits per heavy atom. The molecule has 12 N–H and O–H groups in total. The molecule has 0 bridgehead atoms. The summed E-state index contributed by atoms with van der Waals surface area (Å²) in [6, 6.07) is 0. The van der Waals surface area contributed by atoms with Crippen LogP contribution in [0.25, 0.3) is 0 Å². The Morgan fingerprint density at radius 3 is 1.44 bits per heavy atom. The van der Waals surface area contributed by atoms with Crippen molar-refractivity contribution in [2.24, 2.45) is 5.73 Å². The van der Waals surface area contributed by atoms with Gasteiger partial charge in [-0.05, 0) is 27.3 Å². The summed E-state index contributed by atoms with van der Waals surface area (Å²) in [5.41, 5.74) is 4.96. The lowest BCUT2D eigenvalue weighted by atomic mass is 9.89. The van der Waals surface area contributed by atoms with Crippen molar-refractivity contribution in [3.63, 3.8) is 0 Å². The first-order valence-corrected chi connectivity index (χ1v) is 8.26. The third-order valence-electron chi connectivity index (χ3n) is 2.20. The monoisotopic (exact) mass is 392 g/mol. The van der Waals surface area contributed by atoms with E-state index in [0.29, 0.717) is 6.67 Å². The van der Waals surface area contributed by atoms with Gasteiger partial charge in [0.2, 0.25) is 5.91 Å². The van der Waals surface area contributed by atoms with E-state index in [1.54, 1.807) is 13.6 Å². The van der Waals surface area contributed by atoms with Crippen LogP contribution in [-0.2, 0) is 9.59 Å². The van der Waals surface area contributed by atoms with Gasteiger partial charge in [0.05, 0.1) is 19.8 Å². The number of carboxylic acids is 1. The zero-order valence-corrected chi connectivity index (χ0v) is 16.3. The number of aliphatic carboxylic acids is 1. The minimum atomic E-state index is -0.967. The van der Waals surface area contributed by atoms with E-state index in [-0.39, 0.29) is 25.7 Å². The maximum absolute atomic E-state index is 10.9. The van der Waals surface area contributed by atoms with E-state index in [0.717, 1.165) is 0 Å². The quantitative estimate of drug-likeness (QED) is 0.117. The van der Waals surface area contributed by atoms with Gasteiger partial charge in [-0.3, -0.25) is 9.59 Å². The molecule has 27 heavy (non-hydrogen) atoms. The third-order valence-corrected chi connectivity index (χ3v) is 2.20. The molecule has 0 aliphatic carbocycles. The van der Waals surface area contributed by atoms with Crippen LogP contribution >= 0.6 is 0 Å². The van der Waals surface area contributed by atoms with Crippen molar-refractivity contribution < 1.29 is 34.8 Å². The minimum absolute atomic E-state index is 0.0547. The van der Waals surface area contributed by atoms with Gasteiger partial charge in [-0.15, -0.1) is 0 Å². The summed E-state index contributed by atoms with van der Waals surface area (Å²) >= 11 is 0. The number of nitrogens with two attached hydrogens (primary N) is 1. The molecule has 0 aromatic carbocycles. The summed E-state index contributed by atoms with van der Waals surface area (Å²) < 4.78 is 0. The minimum Gasteiger partial charge on any atom is -0.480 e. The van der Waals surface area contributed by atoms with Crippen molar-refractivity contribution >= 4 is 40.1 Å². The van der Waals surface area contributed by atoms with Crippen molar-refractivity contribution in [1.82, 2.24) is 26.2 Å². The van der Waals surface area contributed by atoms with Crippen LogP contribution in [0.2, 0.25) is 27.3 Å². The molecule has 0 aromatic heterocycles. The van der Waals surface area contributed by atoms with Gasteiger partial charge >= 0.3 is 34.2 Å². The average Bonchev–Trinajstić information content (AvgIpc) is 2.51. The fourth-order valence-electron chi connectivity index (χ4n) is 1.01. The van der Waals surface area contributed by atoms with E-state index in [1.165, 1.54) is 13.6 Å². The summed E-state index contributed by atoms with van der Waals surface area (Å²) in [6.45, 7) is 6.56. The lowest BCUT2D eigenvalue weighted by Gasteiger charge is -2.07. The van der Waals surface area contributed by atoms with Crippen molar-refractivity contribution in [1.29, 1.82) is 0 Å². The van der Waals surface area contributed by atoms with Crippen molar-refractivity contribution in [2.45, 2.75) is 27.3 Å². The molecule has 0 aliphatic rings. The molecule has 1 amide bonds. The molecule has 0 saturated heterocycles. The highest BCUT2D eigenvalue weighted by Gasteiger charge is 2.06. The van der Waals surface area contributed by atoms with Gasteiger partial charge in [-0.25, -0.2) is 0 Å². The number of amides is 1. The summed E-state index contributed by atoms with van der Waals surface area (Å²) in [6.07, 6.45) is 0. The molecular weight excluding hydrogens is 359 g/mol. The highest BCUT2D eigenvalue weighted by molar-refractivity contribution is 6.46. The number of carboxylic acid groups (broad SMARTS) is 1. The molecule has 0 heterocycles. The smallest absolute Gasteiger partial charge is 0.375 e. The standard InChI is InChI=1S/C5H15B2N3O3.C3H8BNO3.C2H9BN2O/c1-6(12)9-3-5(11)8-4-10-7(2)13;1-4(8)5-2-3(6)7;1-3(6)5-2-4/h9-10,12-13H,3-4H2,1-2H3,(H,8,11);5,8H,2H2,1H3,(H,6,7);5-6H,2,4H2,1H3. The predicted octanol–water partition coefficient (Wildman–Crippen LogP) is -5.17. The number of hydrogen-bond acceptors (Lipinski definition) is 11. The molecule has 0 rings (SSSR count). The van der Waals surface area contributed by atoms with Crippen LogP contribution in [0.5, 0.6) is 0 Å². The molecule has 156 valence electrons. The number of carbonyl (C=O) groups excluding carboxylic acids is 1. The predicted molar refractivity (Wildman–Crippen MR) is 107 cm³/mol. The molecule has 0 unspecified atom stereocenters. The topological polar surface area (TPSA) is 221 Å². The van der Waals surface area contributed by atoms with Gasteiger partial charge in [-0.1, -0.05) is 0 Å². The first kappa shape index (κ1) is 30.6. The number of carbonyl (C=O) groups is 2. The molecule has 0 fully saturated rings. The normalized spacial score (nSPS) is 9.07. The highest BCUT2D eigenvalue weighted by atomic mass is 16.4. The van der Waals surface area contributed by atoms with Gasteiger partial charge < -0.3 is 57.2 Å². The first-order chi connectivity index (χ1) is 12.4. The Bertz CT molecular complexity index is 369. The number of hydrogen-bond donors (Lipinski definition) is 11. The third kappa shape index (κ3) is 40.7. The average molecular weight is 392 g/mol. The summed E-state index contributed by atoms with van der Waals surface area (Å²) in [5, 5.41) is 54.8. The second kappa shape index (κ2) is 21.1. The molecular formula is C10H32B4N6O7. The van der Waals surface area contributed by atoms with E-state index < -0.39 is 34.2 Å². The second-order valence-electron chi connectivity index (χ2n) is 5.25. The van der Waals surface area contributed by atoms with Gasteiger partial charge in [0.1, 0.15) is 0 Å². The molecule has 0 radical (unpaired) electrons. The lowest BCUT2D eigenvalue weighted by Crippen LogP contribution is -2.45. The van der Waals surface area contributed by atoms with Crippen molar-refractivity contribution in [2.75, 3.05) is 26.4 Å². The Balaban J connectivity index is -0.000000351. The van der Waals surface area contributed by atoms with Gasteiger partial charge in [0.25, 0.3) is 0 Å². The Kier molecular flexibility index (Phi) is 23.9. The molecule has 0 aromatic rings. The zero-order chi connectivity index (χ0) is 21.8. The van der Waals surface area contributed by atoms with Crippen LogP contribution in [0, 0.1) is 0 Å². The molecule has 13 nitrogen and oxygen atoms in total. The van der Waals surface area contributed by atoms with E-state index in [4.69, 9.17) is 30.9 Å². The Labute approximate surface area is 161 Å². The van der Waals surface area contributed by atoms with Crippen LogP contribution in [0.1, 0.15) is 0 Å². The van der Waals surface area contributed by atoms with Crippen molar-refractivity contribution in [3.8, 4) is 0 Å². The SMILES string of the molecule is CB(O)NCC(=O)O.CB(O)NCN.CB(O)NCNC(=O)CNB(C)O. The molecule has 0 spiro atoms. The van der Waals surface area contributed by atoms with Crippen LogP contribution in [0.3, 0.4) is 0 Å². The fourth-order valence-corrected chi connectivity index (χ4v) is 1.01. The van der Waals surface area contributed by atoms with E-state index in [2.05, 4.69) is 26.2 Å². The van der Waals surface area contributed by atoms with Crippen molar-refractivity contribution in [3.05, 3.63) is 0 Å². The Morgan fingerprint density at radius 1 is 0.778 bits per heavy atom. The number of rotatable bonds is 11. The maximum atomic E-state index is 10.9. The number of nitrogens with one attached hydrogen (secondary N) is 5. The molecule has 0 saturated carbocycles. The van der Waals surface area contributed by atoms with Gasteiger partial charge in [0.15, 0.2) is 0 Å². The summed E-state index contributed by atoms with van der Waals surface area (Å²) in [7, 11) is -2.57. The van der Waals surface area contributed by atoms with Gasteiger partial charge in [-0.2, -0.15) is 0 Å². The van der Waals surface area contributed by atoms with E-state index >= 15 is 0 Å². The first-order valence-electron chi connectivity index (χ1n) is 8.26. The molecule has 0 aliphatic heterocycles. The second-order valence-corrected chi connectivity index (χ2v) is 5.25. The summed E-state index contributed by atoms with van der Waals surface area (Å²) in [4.78, 5) is 20.7. The van der Waals surface area contributed by atoms with E-state index in [1.807, 2.05) is 0 Å². The Hall–Kier alpha value is -1.16. The van der Waals surface area contributed by atoms with Crippen LogP contribution in [0.4, 0.5) is 0 Å². The largest absolute Gasteiger partial charge is 0.480 e. The van der Waals surface area contributed by atoms with E-state index in [9.17, 15) is 9.59 Å². The highest BCUT2D eigenvalue weighted by Crippen LogP contribution is 1.68. The van der Waals surface area contributed by atoms with Crippen LogP contribution in [-0.4, -0.2) is 91.7 Å². The fraction of sp³-hybridized carbons (Fsp3) is 0.800. The zero-order valence-electron chi connectivity index (χ0n) is 16.3. The summed E-state index contributed by atoms with van der Waals surface area (Å²) in [5.74, 6) is -1.21. The van der Waals surface area contributed by atoms with Crippen LogP contribution < -0.4 is 32.0 Å². The van der Waals surface area contributed by atoms with Gasteiger partial charge in [0, 0.05) is 6.67 Å². The lowest BCUT2D eigenvalue weighted by molar-refractivity contribution is -0.135.